The van der Waals surface area contributed by atoms with Crippen molar-refractivity contribution in [3.05, 3.63) is 81.9 Å². The highest BCUT2D eigenvalue weighted by atomic mass is 35.5. The number of carbonyl (C=O) groups excluding carboxylic acids is 2. The first kappa shape index (κ1) is 25.2. The molecule has 0 aliphatic rings. The summed E-state index contributed by atoms with van der Waals surface area (Å²) in [5.41, 5.74) is 2.57. The van der Waals surface area contributed by atoms with Gasteiger partial charge >= 0.3 is 5.97 Å². The fourth-order valence-electron chi connectivity index (χ4n) is 4.05. The smallest absolute Gasteiger partial charge is 0.325 e. The third-order valence-electron chi connectivity index (χ3n) is 5.90. The van der Waals surface area contributed by atoms with Gasteiger partial charge < -0.3 is 14.7 Å². The molecule has 0 radical (unpaired) electrons. The van der Waals surface area contributed by atoms with Crippen molar-refractivity contribution < 1.29 is 19.4 Å². The van der Waals surface area contributed by atoms with Crippen molar-refractivity contribution in [3.8, 4) is 6.07 Å². The quantitative estimate of drug-likeness (QED) is 0.450. The molecule has 0 aromatic heterocycles. The van der Waals surface area contributed by atoms with Crippen LogP contribution in [0.2, 0.25) is 5.02 Å². The molecule has 0 aliphatic heterocycles. The van der Waals surface area contributed by atoms with Crippen LogP contribution in [0.25, 0.3) is 10.8 Å². The van der Waals surface area contributed by atoms with Crippen LogP contribution in [0.15, 0.2) is 54.6 Å². The first-order valence-electron chi connectivity index (χ1n) is 11.1. The summed E-state index contributed by atoms with van der Waals surface area (Å²) in [6, 6.07) is 18.4. The molecule has 0 fully saturated rings. The molecule has 6 nitrogen and oxygen atoms in total. The van der Waals surface area contributed by atoms with E-state index in [4.69, 9.17) is 16.3 Å². The average molecular weight is 479 g/mol. The second-order valence-electron chi connectivity index (χ2n) is 8.03. The number of aliphatic hydroxyl groups excluding tert-OH is 1. The van der Waals surface area contributed by atoms with E-state index in [1.165, 1.54) is 12.0 Å². The number of halogens is 1. The molecule has 34 heavy (non-hydrogen) atoms. The Labute approximate surface area is 204 Å². The summed E-state index contributed by atoms with van der Waals surface area (Å²) in [5, 5.41) is 21.3. The maximum Gasteiger partial charge on any atom is 0.325 e. The van der Waals surface area contributed by atoms with Crippen molar-refractivity contribution in [1.29, 1.82) is 5.26 Å². The second kappa shape index (κ2) is 11.6. The van der Waals surface area contributed by atoms with Crippen LogP contribution in [0, 0.1) is 11.3 Å². The number of benzene rings is 3. The van der Waals surface area contributed by atoms with Gasteiger partial charge in [-0.05, 0) is 52.9 Å². The minimum absolute atomic E-state index is 0.0923. The van der Waals surface area contributed by atoms with Crippen LogP contribution in [-0.2, 0) is 16.0 Å². The van der Waals surface area contributed by atoms with Crippen LogP contribution >= 0.6 is 11.6 Å². The Kier molecular flexibility index (Phi) is 8.64. The highest BCUT2D eigenvalue weighted by Gasteiger charge is 2.26. The predicted molar refractivity (Wildman–Crippen MR) is 132 cm³/mol. The van der Waals surface area contributed by atoms with Gasteiger partial charge in [0.1, 0.15) is 6.54 Å². The van der Waals surface area contributed by atoms with E-state index in [0.29, 0.717) is 28.0 Å². The molecule has 0 spiro atoms. The van der Waals surface area contributed by atoms with Crippen molar-refractivity contribution in [1.82, 2.24) is 4.90 Å². The number of nitriles is 1. The summed E-state index contributed by atoms with van der Waals surface area (Å²) in [7, 11) is 1.27. The Morgan fingerprint density at radius 2 is 1.94 bits per heavy atom. The van der Waals surface area contributed by atoms with Gasteiger partial charge in [0.25, 0.3) is 5.91 Å². The molecule has 0 saturated carbocycles. The van der Waals surface area contributed by atoms with Gasteiger partial charge in [0.2, 0.25) is 0 Å². The van der Waals surface area contributed by atoms with Crippen molar-refractivity contribution >= 4 is 34.2 Å². The molecule has 0 saturated heterocycles. The Bertz CT molecular complexity index is 1240. The van der Waals surface area contributed by atoms with E-state index in [0.717, 1.165) is 22.9 Å². The van der Waals surface area contributed by atoms with E-state index < -0.39 is 11.9 Å². The number of aryl methyl sites for hydroxylation is 1. The Balaban J connectivity index is 2.03. The van der Waals surface area contributed by atoms with Gasteiger partial charge in [-0.15, -0.1) is 0 Å². The van der Waals surface area contributed by atoms with Crippen molar-refractivity contribution in [2.75, 3.05) is 26.8 Å². The lowest BCUT2D eigenvalue weighted by Gasteiger charge is -2.28. The van der Waals surface area contributed by atoms with E-state index in [1.54, 1.807) is 12.1 Å². The number of esters is 1. The zero-order valence-corrected chi connectivity index (χ0v) is 20.0. The summed E-state index contributed by atoms with van der Waals surface area (Å²) in [5.74, 6) is -1.21. The van der Waals surface area contributed by atoms with Gasteiger partial charge in [-0.25, -0.2) is 0 Å². The number of ether oxygens (including phenoxy) is 1. The van der Waals surface area contributed by atoms with Crippen molar-refractivity contribution in [3.63, 3.8) is 0 Å². The van der Waals surface area contributed by atoms with E-state index >= 15 is 0 Å². The second-order valence-corrected chi connectivity index (χ2v) is 8.44. The van der Waals surface area contributed by atoms with Gasteiger partial charge in [-0.2, -0.15) is 5.26 Å². The molecule has 3 rings (SSSR count). The fraction of sp³-hybridized carbons (Fsp3) is 0.296. The number of carbonyl (C=O) groups is 2. The largest absolute Gasteiger partial charge is 0.468 e. The maximum absolute atomic E-state index is 13.7. The number of nitrogens with zero attached hydrogens (tertiary/aromatic N) is 2. The summed E-state index contributed by atoms with van der Waals surface area (Å²) in [6.45, 7) is 1.83. The highest BCUT2D eigenvalue weighted by molar-refractivity contribution is 6.31. The first-order chi connectivity index (χ1) is 16.4. The van der Waals surface area contributed by atoms with Crippen LogP contribution in [0.1, 0.15) is 46.3 Å². The highest BCUT2D eigenvalue weighted by Crippen LogP contribution is 2.28. The Hall–Kier alpha value is -3.40. The molecule has 0 bridgehead atoms. The standard InChI is InChI=1S/C27H27ClN2O4/c1-3-19-8-9-20(14-25(19)28)22(10-11-31)16-30(17-26(32)34-2)27(33)24-13-18(15-29)12-21-6-4-5-7-23(21)24/h4-9,12-14,22,31H,3,10-11,16-17H2,1-2H3/t22-/m1/s1. The third-order valence-corrected chi connectivity index (χ3v) is 6.26. The SMILES string of the molecule is CCc1ccc([C@H](CCO)CN(CC(=O)OC)C(=O)c2cc(C#N)cc3ccccc23)cc1Cl. The van der Waals surface area contributed by atoms with Crippen LogP contribution in [0.5, 0.6) is 0 Å². The molecule has 1 atom stereocenters. The van der Waals surface area contributed by atoms with E-state index in [1.807, 2.05) is 49.4 Å². The molecular formula is C27H27ClN2O4. The average Bonchev–Trinajstić information content (AvgIpc) is 2.86. The van der Waals surface area contributed by atoms with Crippen molar-refractivity contribution in [2.24, 2.45) is 0 Å². The minimum atomic E-state index is -0.559. The molecular weight excluding hydrogens is 452 g/mol. The fourth-order valence-corrected chi connectivity index (χ4v) is 4.37. The molecule has 0 heterocycles. The summed E-state index contributed by atoms with van der Waals surface area (Å²) >= 11 is 6.43. The first-order valence-corrected chi connectivity index (χ1v) is 11.5. The molecule has 0 aliphatic carbocycles. The number of rotatable bonds is 9. The summed E-state index contributed by atoms with van der Waals surface area (Å²) in [6.07, 6.45) is 1.17. The number of hydrogen-bond donors (Lipinski definition) is 1. The topological polar surface area (TPSA) is 90.6 Å². The third kappa shape index (κ3) is 5.74. The molecule has 3 aromatic carbocycles. The van der Waals surface area contributed by atoms with E-state index in [9.17, 15) is 20.0 Å². The number of aliphatic hydroxyl groups is 1. The van der Waals surface area contributed by atoms with Gasteiger partial charge in [0.15, 0.2) is 0 Å². The molecule has 1 N–H and O–H groups in total. The lowest BCUT2D eigenvalue weighted by Crippen LogP contribution is -2.39. The minimum Gasteiger partial charge on any atom is -0.468 e. The Morgan fingerprint density at radius 1 is 1.18 bits per heavy atom. The Morgan fingerprint density at radius 3 is 2.59 bits per heavy atom. The normalized spacial score (nSPS) is 11.6. The number of amides is 1. The van der Waals surface area contributed by atoms with Crippen LogP contribution in [0.4, 0.5) is 0 Å². The van der Waals surface area contributed by atoms with Crippen LogP contribution in [-0.4, -0.2) is 48.7 Å². The number of methoxy groups -OCH3 is 1. The van der Waals surface area contributed by atoms with Crippen LogP contribution in [0.3, 0.4) is 0 Å². The lowest BCUT2D eigenvalue weighted by atomic mass is 9.93. The van der Waals surface area contributed by atoms with Gasteiger partial charge in [-0.3, -0.25) is 9.59 Å². The van der Waals surface area contributed by atoms with E-state index in [-0.39, 0.29) is 25.6 Å². The van der Waals surface area contributed by atoms with Crippen LogP contribution < -0.4 is 0 Å². The van der Waals surface area contributed by atoms with Gasteiger partial charge in [0, 0.05) is 29.7 Å². The van der Waals surface area contributed by atoms with Gasteiger partial charge in [0.05, 0.1) is 18.7 Å². The monoisotopic (exact) mass is 478 g/mol. The predicted octanol–water partition coefficient (Wildman–Crippen LogP) is 4.71. The van der Waals surface area contributed by atoms with E-state index in [2.05, 4.69) is 6.07 Å². The number of hydrogen-bond acceptors (Lipinski definition) is 5. The summed E-state index contributed by atoms with van der Waals surface area (Å²) < 4.78 is 4.84. The lowest BCUT2D eigenvalue weighted by molar-refractivity contribution is -0.141. The molecule has 1 amide bonds. The zero-order valence-electron chi connectivity index (χ0n) is 19.3. The molecule has 7 heteroatoms. The maximum atomic E-state index is 13.7. The molecule has 3 aromatic rings. The van der Waals surface area contributed by atoms with Gasteiger partial charge in [-0.1, -0.05) is 54.9 Å². The number of fused-ring (bicyclic) bond motifs is 1. The molecule has 0 unspecified atom stereocenters. The summed E-state index contributed by atoms with van der Waals surface area (Å²) in [4.78, 5) is 27.4. The van der Waals surface area contributed by atoms with Crippen molar-refractivity contribution in [2.45, 2.75) is 25.7 Å². The zero-order chi connectivity index (χ0) is 24.7. The molecule has 176 valence electrons.